The molecule has 0 bridgehead atoms. The second-order valence-corrected chi connectivity index (χ2v) is 6.42. The standard InChI is InChI=1S/C17H15ClF3NO9/c1-9-5-11(18)6-10-7-12(14(17(19,20)21)31-13(9)10)15(23)28-8-29-16(24)27-3-2-4-30-22(25)26/h5-7,14H,2-4,8H2,1H3/t14-/m0/s1. The third-order valence-electron chi connectivity index (χ3n) is 3.70. The normalized spacial score (nSPS) is 15.1. The average molecular weight is 470 g/mol. The van der Waals surface area contributed by atoms with Crippen molar-refractivity contribution >= 4 is 29.8 Å². The summed E-state index contributed by atoms with van der Waals surface area (Å²) in [5.41, 5.74) is -0.375. The van der Waals surface area contributed by atoms with Gasteiger partial charge in [0.05, 0.1) is 18.8 Å². The molecule has 0 unspecified atom stereocenters. The Hall–Kier alpha value is -3.22. The fourth-order valence-corrected chi connectivity index (χ4v) is 2.75. The molecule has 31 heavy (non-hydrogen) atoms. The molecule has 0 aromatic heterocycles. The van der Waals surface area contributed by atoms with Gasteiger partial charge in [-0.1, -0.05) is 11.6 Å². The quantitative estimate of drug-likeness (QED) is 0.184. The van der Waals surface area contributed by atoms with Gasteiger partial charge in [-0.15, -0.1) is 10.1 Å². The minimum Gasteiger partial charge on any atom is -0.475 e. The van der Waals surface area contributed by atoms with E-state index in [4.69, 9.17) is 16.3 Å². The number of hydrogen-bond acceptors (Lipinski definition) is 9. The molecule has 0 spiro atoms. The van der Waals surface area contributed by atoms with Gasteiger partial charge in [-0.3, -0.25) is 0 Å². The fraction of sp³-hybridized carbons (Fsp3) is 0.412. The second kappa shape index (κ2) is 10.2. The van der Waals surface area contributed by atoms with Crippen LogP contribution in [0.1, 0.15) is 17.5 Å². The van der Waals surface area contributed by atoms with E-state index in [9.17, 15) is 32.9 Å². The summed E-state index contributed by atoms with van der Waals surface area (Å²) in [5, 5.41) is 9.13. The molecule has 0 N–H and O–H groups in total. The summed E-state index contributed by atoms with van der Waals surface area (Å²) in [7, 11) is 0. The van der Waals surface area contributed by atoms with E-state index in [1.54, 1.807) is 0 Å². The molecule has 1 aliphatic heterocycles. The largest absolute Gasteiger partial charge is 0.511 e. The summed E-state index contributed by atoms with van der Waals surface area (Å²) < 4.78 is 58.7. The zero-order valence-electron chi connectivity index (χ0n) is 15.8. The van der Waals surface area contributed by atoms with Gasteiger partial charge >= 0.3 is 18.3 Å². The van der Waals surface area contributed by atoms with Crippen molar-refractivity contribution in [2.45, 2.75) is 25.6 Å². The lowest BCUT2D eigenvalue weighted by Gasteiger charge is -2.28. The van der Waals surface area contributed by atoms with Gasteiger partial charge < -0.3 is 23.8 Å². The Kier molecular flexibility index (Phi) is 7.91. The number of nitrogens with zero attached hydrogens (tertiary/aromatic N) is 1. The van der Waals surface area contributed by atoms with Gasteiger partial charge in [-0.05, 0) is 30.7 Å². The van der Waals surface area contributed by atoms with Crippen LogP contribution in [0.15, 0.2) is 17.7 Å². The third kappa shape index (κ3) is 6.91. The molecule has 1 atom stereocenters. The number of benzene rings is 1. The lowest BCUT2D eigenvalue weighted by atomic mass is 9.99. The summed E-state index contributed by atoms with van der Waals surface area (Å²) in [6.07, 6.45) is -7.91. The van der Waals surface area contributed by atoms with Crippen LogP contribution in [0.25, 0.3) is 6.08 Å². The number of rotatable bonds is 8. The number of carbonyl (C=O) groups excluding carboxylic acids is 2. The van der Waals surface area contributed by atoms with Crippen molar-refractivity contribution in [3.63, 3.8) is 0 Å². The molecule has 10 nitrogen and oxygen atoms in total. The van der Waals surface area contributed by atoms with Crippen LogP contribution in [0.4, 0.5) is 18.0 Å². The molecule has 0 aliphatic carbocycles. The highest BCUT2D eigenvalue weighted by Gasteiger charge is 2.49. The molecular formula is C17H15ClF3NO9. The number of esters is 1. The minimum absolute atomic E-state index is 0.0191. The van der Waals surface area contributed by atoms with Gasteiger partial charge in [0.2, 0.25) is 12.9 Å². The first-order valence-electron chi connectivity index (χ1n) is 8.48. The van der Waals surface area contributed by atoms with Gasteiger partial charge in [0, 0.05) is 17.0 Å². The van der Waals surface area contributed by atoms with E-state index in [1.807, 2.05) is 0 Å². The Morgan fingerprint density at radius 1 is 1.23 bits per heavy atom. The van der Waals surface area contributed by atoms with Crippen molar-refractivity contribution in [2.24, 2.45) is 0 Å². The van der Waals surface area contributed by atoms with Crippen LogP contribution < -0.4 is 4.74 Å². The lowest BCUT2D eigenvalue weighted by Crippen LogP contribution is -2.41. The number of aryl methyl sites for hydroxylation is 1. The van der Waals surface area contributed by atoms with Gasteiger partial charge in [-0.2, -0.15) is 13.2 Å². The Labute approximate surface area is 177 Å². The summed E-state index contributed by atoms with van der Waals surface area (Å²) >= 11 is 5.90. The minimum atomic E-state index is -4.93. The summed E-state index contributed by atoms with van der Waals surface area (Å²) in [6.45, 7) is -0.162. The Morgan fingerprint density at radius 3 is 2.58 bits per heavy atom. The first kappa shape index (κ1) is 24.1. The van der Waals surface area contributed by atoms with Crippen LogP contribution in [0.5, 0.6) is 5.75 Å². The maximum atomic E-state index is 13.4. The molecule has 1 heterocycles. The predicted octanol–water partition coefficient (Wildman–Crippen LogP) is 3.61. The van der Waals surface area contributed by atoms with E-state index in [1.165, 1.54) is 19.1 Å². The van der Waals surface area contributed by atoms with E-state index in [0.717, 1.165) is 6.08 Å². The zero-order chi connectivity index (χ0) is 23.2. The molecule has 0 amide bonds. The van der Waals surface area contributed by atoms with Gasteiger partial charge in [0.1, 0.15) is 5.75 Å². The van der Waals surface area contributed by atoms with Crippen molar-refractivity contribution in [3.8, 4) is 5.75 Å². The number of ether oxygens (including phenoxy) is 4. The highest BCUT2D eigenvalue weighted by Crippen LogP contribution is 2.40. The smallest absolute Gasteiger partial charge is 0.475 e. The highest BCUT2D eigenvalue weighted by atomic mass is 35.5. The van der Waals surface area contributed by atoms with Crippen LogP contribution in [0.3, 0.4) is 0 Å². The molecule has 1 aliphatic rings. The van der Waals surface area contributed by atoms with Crippen molar-refractivity contribution in [3.05, 3.63) is 44.0 Å². The molecule has 0 saturated heterocycles. The van der Waals surface area contributed by atoms with Gasteiger partial charge in [-0.25, -0.2) is 9.59 Å². The second-order valence-electron chi connectivity index (χ2n) is 5.98. The molecule has 1 aromatic rings. The van der Waals surface area contributed by atoms with Crippen LogP contribution in [0.2, 0.25) is 5.02 Å². The highest BCUT2D eigenvalue weighted by molar-refractivity contribution is 6.30. The van der Waals surface area contributed by atoms with E-state index in [0.29, 0.717) is 5.56 Å². The number of fused-ring (bicyclic) bond motifs is 1. The first-order valence-corrected chi connectivity index (χ1v) is 8.86. The number of halogens is 4. The van der Waals surface area contributed by atoms with E-state index in [2.05, 4.69) is 19.0 Å². The molecule has 0 fully saturated rings. The van der Waals surface area contributed by atoms with E-state index in [-0.39, 0.29) is 36.0 Å². The topological polar surface area (TPSA) is 123 Å². The number of carbonyl (C=O) groups is 2. The van der Waals surface area contributed by atoms with Crippen molar-refractivity contribution < 1.29 is 51.6 Å². The molecule has 14 heteroatoms. The van der Waals surface area contributed by atoms with E-state index < -0.39 is 41.9 Å². The molecule has 2 rings (SSSR count). The average Bonchev–Trinajstić information content (AvgIpc) is 2.65. The summed E-state index contributed by atoms with van der Waals surface area (Å²) in [6, 6.07) is 2.73. The number of hydrogen-bond donors (Lipinski definition) is 0. The van der Waals surface area contributed by atoms with Crippen LogP contribution in [0, 0.1) is 17.0 Å². The summed E-state index contributed by atoms with van der Waals surface area (Å²) in [4.78, 5) is 37.4. The lowest BCUT2D eigenvalue weighted by molar-refractivity contribution is -0.757. The molecular weight excluding hydrogens is 455 g/mol. The van der Waals surface area contributed by atoms with Gasteiger partial charge in [0.15, 0.2) is 0 Å². The maximum Gasteiger partial charge on any atom is 0.511 e. The predicted molar refractivity (Wildman–Crippen MR) is 95.6 cm³/mol. The van der Waals surface area contributed by atoms with Crippen molar-refractivity contribution in [1.29, 1.82) is 0 Å². The van der Waals surface area contributed by atoms with Crippen molar-refractivity contribution in [2.75, 3.05) is 20.0 Å². The third-order valence-corrected chi connectivity index (χ3v) is 3.92. The van der Waals surface area contributed by atoms with E-state index >= 15 is 0 Å². The molecule has 0 saturated carbocycles. The van der Waals surface area contributed by atoms with Crippen LogP contribution in [-0.2, 0) is 23.8 Å². The monoisotopic (exact) mass is 469 g/mol. The Morgan fingerprint density at radius 2 is 1.94 bits per heavy atom. The fourth-order valence-electron chi connectivity index (χ4n) is 2.47. The molecule has 170 valence electrons. The first-order chi connectivity index (χ1) is 14.5. The van der Waals surface area contributed by atoms with Gasteiger partial charge in [0.25, 0.3) is 5.09 Å². The Bertz CT molecular complexity index is 888. The van der Waals surface area contributed by atoms with Crippen LogP contribution in [-0.4, -0.2) is 49.5 Å². The summed E-state index contributed by atoms with van der Waals surface area (Å²) in [5.74, 6) is -1.51. The van der Waals surface area contributed by atoms with Crippen molar-refractivity contribution in [1.82, 2.24) is 0 Å². The maximum absolute atomic E-state index is 13.4. The molecule has 1 aromatic carbocycles. The SMILES string of the molecule is Cc1cc(Cl)cc2c1O[C@H](C(F)(F)F)C(C(=O)OCOC(=O)OCCCO[N+](=O)[O-])=C2. The molecule has 0 radical (unpaired) electrons. The zero-order valence-corrected chi connectivity index (χ0v) is 16.5. The van der Waals surface area contributed by atoms with Crippen LogP contribution >= 0.6 is 11.6 Å². The Balaban J connectivity index is 1.96. The number of alkyl halides is 3.